The smallest absolute Gasteiger partial charge is 0.318 e. The summed E-state index contributed by atoms with van der Waals surface area (Å²) in [5, 5.41) is 23.0. The second-order valence-electron chi connectivity index (χ2n) is 3.90. The van der Waals surface area contributed by atoms with E-state index in [0.717, 1.165) is 0 Å². The highest BCUT2D eigenvalue weighted by molar-refractivity contribution is 7.99. The van der Waals surface area contributed by atoms with Gasteiger partial charge in [-0.1, -0.05) is 11.8 Å². The van der Waals surface area contributed by atoms with Gasteiger partial charge >= 0.3 is 6.03 Å². The molecule has 2 aromatic rings. The molecule has 1 aromatic carbocycles. The molecule has 0 saturated heterocycles. The number of thioether (sulfide) groups is 1. The fourth-order valence-electron chi connectivity index (χ4n) is 1.46. The summed E-state index contributed by atoms with van der Waals surface area (Å²) in [6.07, 6.45) is 0.107. The summed E-state index contributed by atoms with van der Waals surface area (Å²) in [5.74, 6) is 0.0696. The SMILES string of the molecule is NC(=O)NC(=O)CCSc1nnnn1-c1ccc(O)cc1. The maximum absolute atomic E-state index is 11.3. The second-order valence-corrected chi connectivity index (χ2v) is 4.96. The zero-order chi connectivity index (χ0) is 15.2. The quantitative estimate of drug-likeness (QED) is 0.663. The maximum atomic E-state index is 11.3. The normalized spacial score (nSPS) is 10.3. The highest BCUT2D eigenvalue weighted by Gasteiger charge is 2.10. The summed E-state index contributed by atoms with van der Waals surface area (Å²) in [6, 6.07) is 5.49. The molecule has 1 heterocycles. The average molecular weight is 308 g/mol. The second kappa shape index (κ2) is 6.70. The highest BCUT2D eigenvalue weighted by atomic mass is 32.2. The number of hydrogen-bond acceptors (Lipinski definition) is 7. The lowest BCUT2D eigenvalue weighted by Crippen LogP contribution is -2.35. The number of benzene rings is 1. The molecular formula is C11H12N6O3S. The van der Waals surface area contributed by atoms with E-state index < -0.39 is 11.9 Å². The van der Waals surface area contributed by atoms with Crippen LogP contribution in [0.1, 0.15) is 6.42 Å². The summed E-state index contributed by atoms with van der Waals surface area (Å²) >= 11 is 1.26. The Morgan fingerprint density at radius 3 is 2.71 bits per heavy atom. The lowest BCUT2D eigenvalue weighted by molar-refractivity contribution is -0.119. The number of tetrazole rings is 1. The maximum Gasteiger partial charge on any atom is 0.318 e. The van der Waals surface area contributed by atoms with Crippen LogP contribution >= 0.6 is 11.8 Å². The van der Waals surface area contributed by atoms with Crippen molar-refractivity contribution in [2.45, 2.75) is 11.6 Å². The van der Waals surface area contributed by atoms with Crippen LogP contribution in [-0.4, -0.2) is 43.0 Å². The van der Waals surface area contributed by atoms with Gasteiger partial charge in [-0.2, -0.15) is 4.68 Å². The summed E-state index contributed by atoms with van der Waals surface area (Å²) in [7, 11) is 0. The molecule has 1 aromatic heterocycles. The number of aromatic hydroxyl groups is 1. The standard InChI is InChI=1S/C11H12N6O3S/c12-10(20)13-9(19)5-6-21-11-14-15-16-17(11)7-1-3-8(18)4-2-7/h1-4,18H,5-6H2,(H3,12,13,19,20). The van der Waals surface area contributed by atoms with E-state index in [9.17, 15) is 14.7 Å². The Bertz CT molecular complexity index is 642. The molecule has 0 saturated carbocycles. The lowest BCUT2D eigenvalue weighted by Gasteiger charge is -2.04. The van der Waals surface area contributed by atoms with E-state index in [-0.39, 0.29) is 12.2 Å². The van der Waals surface area contributed by atoms with Crippen molar-refractivity contribution in [2.75, 3.05) is 5.75 Å². The first kappa shape index (κ1) is 14.8. The zero-order valence-electron chi connectivity index (χ0n) is 10.8. The molecule has 21 heavy (non-hydrogen) atoms. The molecule has 2 rings (SSSR count). The molecule has 0 aliphatic rings. The molecule has 9 nitrogen and oxygen atoms in total. The van der Waals surface area contributed by atoms with E-state index in [2.05, 4.69) is 15.5 Å². The fraction of sp³-hybridized carbons (Fsp3) is 0.182. The number of rotatable bonds is 5. The van der Waals surface area contributed by atoms with Crippen molar-refractivity contribution in [3.63, 3.8) is 0 Å². The van der Waals surface area contributed by atoms with Crippen molar-refractivity contribution in [1.82, 2.24) is 25.5 Å². The minimum atomic E-state index is -0.876. The van der Waals surface area contributed by atoms with Gasteiger partial charge in [0, 0.05) is 12.2 Å². The first-order chi connectivity index (χ1) is 10.1. The number of carbonyl (C=O) groups excluding carboxylic acids is 2. The van der Waals surface area contributed by atoms with E-state index in [1.165, 1.54) is 28.6 Å². The van der Waals surface area contributed by atoms with Gasteiger partial charge in [0.05, 0.1) is 5.69 Å². The topological polar surface area (TPSA) is 136 Å². The number of nitrogens with two attached hydrogens (primary N) is 1. The van der Waals surface area contributed by atoms with Crippen LogP contribution in [0.15, 0.2) is 29.4 Å². The molecule has 0 spiro atoms. The van der Waals surface area contributed by atoms with Crippen LogP contribution in [0, 0.1) is 0 Å². The highest BCUT2D eigenvalue weighted by Crippen LogP contribution is 2.20. The van der Waals surface area contributed by atoms with Crippen LogP contribution in [-0.2, 0) is 4.79 Å². The number of primary amides is 1. The van der Waals surface area contributed by atoms with E-state index in [4.69, 9.17) is 5.73 Å². The molecule has 4 N–H and O–H groups in total. The minimum absolute atomic E-state index is 0.107. The first-order valence-corrected chi connectivity index (χ1v) is 6.84. The Labute approximate surface area is 123 Å². The molecule has 110 valence electrons. The van der Waals surface area contributed by atoms with Crippen molar-refractivity contribution in [1.29, 1.82) is 0 Å². The third-order valence-corrected chi connectivity index (χ3v) is 3.28. The third kappa shape index (κ3) is 4.18. The fourth-order valence-corrected chi connectivity index (χ4v) is 2.29. The Kier molecular flexibility index (Phi) is 4.72. The Morgan fingerprint density at radius 1 is 1.33 bits per heavy atom. The van der Waals surface area contributed by atoms with E-state index in [0.29, 0.717) is 16.6 Å². The molecule has 0 aliphatic carbocycles. The zero-order valence-corrected chi connectivity index (χ0v) is 11.6. The number of aromatic nitrogens is 4. The number of phenols is 1. The van der Waals surface area contributed by atoms with Crippen LogP contribution in [0.5, 0.6) is 5.75 Å². The number of hydrogen-bond donors (Lipinski definition) is 3. The lowest BCUT2D eigenvalue weighted by atomic mass is 10.3. The number of amides is 3. The molecule has 0 atom stereocenters. The van der Waals surface area contributed by atoms with Crippen LogP contribution in [0.25, 0.3) is 5.69 Å². The van der Waals surface area contributed by atoms with E-state index in [1.54, 1.807) is 12.1 Å². The average Bonchev–Trinajstić information content (AvgIpc) is 2.87. The largest absolute Gasteiger partial charge is 0.508 e. The molecule has 0 fully saturated rings. The van der Waals surface area contributed by atoms with Crippen molar-refractivity contribution < 1.29 is 14.7 Å². The minimum Gasteiger partial charge on any atom is -0.508 e. The van der Waals surface area contributed by atoms with Gasteiger partial charge in [0.2, 0.25) is 11.1 Å². The van der Waals surface area contributed by atoms with Crippen LogP contribution in [0.4, 0.5) is 4.79 Å². The number of imide groups is 1. The molecule has 3 amide bonds. The Hall–Kier alpha value is -2.62. The predicted octanol–water partition coefficient (Wildman–Crippen LogP) is 0.0450. The Morgan fingerprint density at radius 2 is 2.05 bits per heavy atom. The van der Waals surface area contributed by atoms with Gasteiger partial charge in [0.15, 0.2) is 0 Å². The van der Waals surface area contributed by atoms with E-state index >= 15 is 0 Å². The van der Waals surface area contributed by atoms with Crippen molar-refractivity contribution in [3.8, 4) is 11.4 Å². The number of carbonyl (C=O) groups is 2. The van der Waals surface area contributed by atoms with Gasteiger partial charge in [-0.05, 0) is 34.7 Å². The molecule has 0 unspecified atom stereocenters. The van der Waals surface area contributed by atoms with Gasteiger partial charge < -0.3 is 10.8 Å². The molecular weight excluding hydrogens is 296 g/mol. The summed E-state index contributed by atoms with van der Waals surface area (Å²) in [5.41, 5.74) is 5.52. The Balaban J connectivity index is 1.96. The van der Waals surface area contributed by atoms with Crippen LogP contribution < -0.4 is 11.1 Å². The predicted molar refractivity (Wildman–Crippen MR) is 73.9 cm³/mol. The monoisotopic (exact) mass is 308 g/mol. The van der Waals surface area contributed by atoms with Crippen LogP contribution in [0.3, 0.4) is 0 Å². The molecule has 10 heteroatoms. The number of urea groups is 1. The summed E-state index contributed by atoms with van der Waals surface area (Å²) in [6.45, 7) is 0. The summed E-state index contributed by atoms with van der Waals surface area (Å²) < 4.78 is 1.48. The summed E-state index contributed by atoms with van der Waals surface area (Å²) in [4.78, 5) is 21.8. The van der Waals surface area contributed by atoms with Gasteiger partial charge in [-0.3, -0.25) is 10.1 Å². The number of nitrogens with one attached hydrogen (secondary N) is 1. The third-order valence-electron chi connectivity index (χ3n) is 2.36. The van der Waals surface area contributed by atoms with Gasteiger partial charge in [0.1, 0.15) is 5.75 Å². The van der Waals surface area contributed by atoms with Crippen LogP contribution in [0.2, 0.25) is 0 Å². The van der Waals surface area contributed by atoms with Gasteiger partial charge in [0.25, 0.3) is 0 Å². The molecule has 0 bridgehead atoms. The van der Waals surface area contributed by atoms with E-state index in [1.807, 2.05) is 5.32 Å². The number of phenolic OH excluding ortho intramolecular Hbond substituents is 1. The molecule has 0 radical (unpaired) electrons. The van der Waals surface area contributed by atoms with Gasteiger partial charge in [-0.15, -0.1) is 5.10 Å². The number of nitrogens with zero attached hydrogens (tertiary/aromatic N) is 4. The molecule has 0 aliphatic heterocycles. The van der Waals surface area contributed by atoms with Crippen molar-refractivity contribution in [2.24, 2.45) is 5.73 Å². The van der Waals surface area contributed by atoms with Gasteiger partial charge in [-0.25, -0.2) is 4.79 Å². The van der Waals surface area contributed by atoms with Crippen molar-refractivity contribution in [3.05, 3.63) is 24.3 Å². The van der Waals surface area contributed by atoms with Crippen molar-refractivity contribution >= 4 is 23.7 Å². The first-order valence-electron chi connectivity index (χ1n) is 5.86.